The summed E-state index contributed by atoms with van der Waals surface area (Å²) in [6, 6.07) is 17.1. The standard InChI is InChI=1S/C22H25ClN2O2/c23-18-8-4-5-16(13-18)15-25-20(17-6-2-1-3-7-17)19(26)14-22(21(25)27)9-11-24-12-10-22/h1-8,13,19-20,24,26H,9-12,14-15H2/t19-,20+/m1/s1. The van der Waals surface area contributed by atoms with Gasteiger partial charge in [0.2, 0.25) is 5.91 Å². The van der Waals surface area contributed by atoms with Crippen LogP contribution in [0.2, 0.25) is 5.02 Å². The third-order valence-electron chi connectivity index (χ3n) is 5.96. The molecule has 0 aliphatic carbocycles. The van der Waals surface area contributed by atoms with Crippen LogP contribution in [0.4, 0.5) is 0 Å². The Morgan fingerprint density at radius 3 is 2.56 bits per heavy atom. The number of halogens is 1. The van der Waals surface area contributed by atoms with Gasteiger partial charge in [-0.15, -0.1) is 0 Å². The van der Waals surface area contributed by atoms with Crippen LogP contribution in [0.5, 0.6) is 0 Å². The summed E-state index contributed by atoms with van der Waals surface area (Å²) < 4.78 is 0. The van der Waals surface area contributed by atoms with Crippen molar-refractivity contribution in [3.8, 4) is 0 Å². The van der Waals surface area contributed by atoms with Crippen molar-refractivity contribution >= 4 is 17.5 Å². The number of benzene rings is 2. The Balaban J connectivity index is 1.72. The van der Waals surface area contributed by atoms with E-state index < -0.39 is 11.5 Å². The molecule has 4 rings (SSSR count). The molecule has 142 valence electrons. The van der Waals surface area contributed by atoms with Gasteiger partial charge < -0.3 is 15.3 Å². The van der Waals surface area contributed by atoms with Gasteiger partial charge in [-0.05, 0) is 55.6 Å². The predicted octanol–water partition coefficient (Wildman–Crippen LogP) is 3.54. The zero-order chi connectivity index (χ0) is 18.9. The highest BCUT2D eigenvalue weighted by atomic mass is 35.5. The van der Waals surface area contributed by atoms with Crippen LogP contribution in [-0.2, 0) is 11.3 Å². The first-order valence-electron chi connectivity index (χ1n) is 9.58. The van der Waals surface area contributed by atoms with Gasteiger partial charge in [0.25, 0.3) is 0 Å². The number of nitrogens with zero attached hydrogens (tertiary/aromatic N) is 1. The first-order chi connectivity index (χ1) is 13.1. The number of piperidine rings is 2. The van der Waals surface area contributed by atoms with Crippen molar-refractivity contribution in [1.29, 1.82) is 0 Å². The van der Waals surface area contributed by atoms with Gasteiger partial charge in [0.1, 0.15) is 0 Å². The highest BCUT2D eigenvalue weighted by Crippen LogP contribution is 2.46. The average Bonchev–Trinajstić information content (AvgIpc) is 2.67. The second-order valence-corrected chi connectivity index (χ2v) is 8.16. The summed E-state index contributed by atoms with van der Waals surface area (Å²) in [6.45, 7) is 2.09. The van der Waals surface area contributed by atoms with Crippen LogP contribution in [-0.4, -0.2) is 35.1 Å². The number of rotatable bonds is 3. The quantitative estimate of drug-likeness (QED) is 0.850. The molecule has 1 amide bonds. The first-order valence-corrected chi connectivity index (χ1v) is 9.96. The van der Waals surface area contributed by atoms with Crippen molar-refractivity contribution in [2.24, 2.45) is 5.41 Å². The predicted molar refractivity (Wildman–Crippen MR) is 106 cm³/mol. The SMILES string of the molecule is O=C1N(Cc2cccc(Cl)c2)[C@@H](c2ccccc2)[C@H](O)CC12CCNCC2. The summed E-state index contributed by atoms with van der Waals surface area (Å²) in [5.74, 6) is 0.156. The van der Waals surface area contributed by atoms with Gasteiger partial charge in [0.15, 0.2) is 0 Å². The molecule has 4 nitrogen and oxygen atoms in total. The molecule has 1 spiro atoms. The highest BCUT2D eigenvalue weighted by molar-refractivity contribution is 6.30. The molecule has 2 N–H and O–H groups in total. The second kappa shape index (κ2) is 7.63. The van der Waals surface area contributed by atoms with Crippen LogP contribution in [0.3, 0.4) is 0 Å². The van der Waals surface area contributed by atoms with Crippen LogP contribution in [0.25, 0.3) is 0 Å². The Hall–Kier alpha value is -1.88. The van der Waals surface area contributed by atoms with Crippen molar-refractivity contribution in [2.75, 3.05) is 13.1 Å². The minimum atomic E-state index is -0.581. The van der Waals surface area contributed by atoms with Gasteiger partial charge in [0.05, 0.1) is 17.6 Å². The summed E-state index contributed by atoms with van der Waals surface area (Å²) >= 11 is 6.16. The van der Waals surface area contributed by atoms with Crippen LogP contribution >= 0.6 is 11.6 Å². The molecule has 0 radical (unpaired) electrons. The lowest BCUT2D eigenvalue weighted by atomic mass is 9.68. The molecule has 0 bridgehead atoms. The lowest BCUT2D eigenvalue weighted by Crippen LogP contribution is -2.57. The van der Waals surface area contributed by atoms with Crippen molar-refractivity contribution in [1.82, 2.24) is 10.2 Å². The van der Waals surface area contributed by atoms with Crippen LogP contribution in [0, 0.1) is 5.41 Å². The zero-order valence-corrected chi connectivity index (χ0v) is 16.0. The molecule has 2 aliphatic heterocycles. The Labute approximate surface area is 165 Å². The summed E-state index contributed by atoms with van der Waals surface area (Å²) in [5, 5.41) is 15.1. The Morgan fingerprint density at radius 1 is 1.11 bits per heavy atom. The van der Waals surface area contributed by atoms with Crippen molar-refractivity contribution in [3.05, 3.63) is 70.7 Å². The van der Waals surface area contributed by atoms with Gasteiger partial charge in [-0.25, -0.2) is 0 Å². The summed E-state index contributed by atoms with van der Waals surface area (Å²) in [4.78, 5) is 15.6. The van der Waals surface area contributed by atoms with Gasteiger partial charge in [-0.1, -0.05) is 54.1 Å². The van der Waals surface area contributed by atoms with E-state index in [1.807, 2.05) is 59.5 Å². The molecular formula is C22H25ClN2O2. The van der Waals surface area contributed by atoms with E-state index in [0.29, 0.717) is 18.0 Å². The number of carbonyl (C=O) groups is 1. The first kappa shape index (κ1) is 18.5. The number of hydrogen-bond acceptors (Lipinski definition) is 3. The topological polar surface area (TPSA) is 52.6 Å². The van der Waals surface area contributed by atoms with E-state index in [2.05, 4.69) is 5.32 Å². The number of nitrogens with one attached hydrogen (secondary N) is 1. The number of likely N-dealkylation sites (tertiary alicyclic amines) is 1. The molecule has 2 aromatic carbocycles. The van der Waals surface area contributed by atoms with E-state index in [-0.39, 0.29) is 11.9 Å². The molecule has 2 heterocycles. The van der Waals surface area contributed by atoms with E-state index in [1.165, 1.54) is 0 Å². The molecule has 0 saturated carbocycles. The van der Waals surface area contributed by atoms with Gasteiger partial charge >= 0.3 is 0 Å². The largest absolute Gasteiger partial charge is 0.391 e. The summed E-state index contributed by atoms with van der Waals surface area (Å²) in [5.41, 5.74) is 1.49. The average molecular weight is 385 g/mol. The normalized spacial score (nSPS) is 25.0. The van der Waals surface area contributed by atoms with Crippen LogP contribution < -0.4 is 5.32 Å². The number of amides is 1. The Morgan fingerprint density at radius 2 is 1.85 bits per heavy atom. The zero-order valence-electron chi connectivity index (χ0n) is 15.3. The van der Waals surface area contributed by atoms with Crippen molar-refractivity contribution < 1.29 is 9.90 Å². The number of carbonyl (C=O) groups excluding carboxylic acids is 1. The minimum Gasteiger partial charge on any atom is -0.391 e. The van der Waals surface area contributed by atoms with E-state index in [0.717, 1.165) is 37.1 Å². The van der Waals surface area contributed by atoms with Crippen LogP contribution in [0.15, 0.2) is 54.6 Å². The van der Waals surface area contributed by atoms with E-state index >= 15 is 0 Å². The molecule has 2 fully saturated rings. The molecule has 27 heavy (non-hydrogen) atoms. The third-order valence-corrected chi connectivity index (χ3v) is 6.19. The molecule has 0 unspecified atom stereocenters. The minimum absolute atomic E-state index is 0.156. The lowest BCUT2D eigenvalue weighted by molar-refractivity contribution is -0.163. The van der Waals surface area contributed by atoms with E-state index in [4.69, 9.17) is 11.6 Å². The maximum Gasteiger partial charge on any atom is 0.229 e. The van der Waals surface area contributed by atoms with Crippen LogP contribution in [0.1, 0.15) is 36.4 Å². The molecule has 2 aromatic rings. The number of aliphatic hydroxyl groups excluding tert-OH is 1. The molecule has 2 atom stereocenters. The third kappa shape index (κ3) is 3.62. The fraction of sp³-hybridized carbons (Fsp3) is 0.409. The van der Waals surface area contributed by atoms with Crippen molar-refractivity contribution in [2.45, 2.75) is 38.0 Å². The maximum atomic E-state index is 13.7. The lowest BCUT2D eigenvalue weighted by Gasteiger charge is -2.50. The molecule has 0 aromatic heterocycles. The Kier molecular flexibility index (Phi) is 5.22. The van der Waals surface area contributed by atoms with E-state index in [9.17, 15) is 9.90 Å². The molecule has 2 aliphatic rings. The number of hydrogen-bond donors (Lipinski definition) is 2. The molecular weight excluding hydrogens is 360 g/mol. The summed E-state index contributed by atoms with van der Waals surface area (Å²) in [7, 11) is 0. The smallest absolute Gasteiger partial charge is 0.229 e. The van der Waals surface area contributed by atoms with Gasteiger partial charge in [0, 0.05) is 11.6 Å². The monoisotopic (exact) mass is 384 g/mol. The van der Waals surface area contributed by atoms with Gasteiger partial charge in [-0.2, -0.15) is 0 Å². The maximum absolute atomic E-state index is 13.7. The number of aliphatic hydroxyl groups is 1. The summed E-state index contributed by atoms with van der Waals surface area (Å²) in [6.07, 6.45) is 1.49. The molecule has 2 saturated heterocycles. The fourth-order valence-electron chi connectivity index (χ4n) is 4.62. The van der Waals surface area contributed by atoms with E-state index in [1.54, 1.807) is 0 Å². The van der Waals surface area contributed by atoms with Crippen molar-refractivity contribution in [3.63, 3.8) is 0 Å². The fourth-order valence-corrected chi connectivity index (χ4v) is 4.83. The van der Waals surface area contributed by atoms with Gasteiger partial charge in [-0.3, -0.25) is 4.79 Å². The highest BCUT2D eigenvalue weighted by Gasteiger charge is 2.51. The Bertz CT molecular complexity index is 805. The molecule has 5 heteroatoms. The second-order valence-electron chi connectivity index (χ2n) is 7.72.